The molecule has 0 aliphatic carbocycles. The Kier molecular flexibility index (Phi) is 6.57. The van der Waals surface area contributed by atoms with Gasteiger partial charge in [-0.1, -0.05) is 23.2 Å². The van der Waals surface area contributed by atoms with Gasteiger partial charge >= 0.3 is 0 Å². The first-order valence-corrected chi connectivity index (χ1v) is 6.46. The van der Waals surface area contributed by atoms with E-state index < -0.39 is 0 Å². The lowest BCUT2D eigenvalue weighted by atomic mass is 10.3. The number of likely N-dealkylation sites (N-methyl/N-ethyl adjacent to an activating group) is 1. The number of nitrogens with two attached hydrogens (primary N) is 1. The summed E-state index contributed by atoms with van der Waals surface area (Å²) in [6, 6.07) is 3.37. The maximum atomic E-state index is 6.07. The summed E-state index contributed by atoms with van der Waals surface area (Å²) in [5.74, 6) is 0. The summed E-state index contributed by atoms with van der Waals surface area (Å²) in [5.41, 5.74) is 6.93. The highest BCUT2D eigenvalue weighted by atomic mass is 35.5. The predicted molar refractivity (Wildman–Crippen MR) is 78.7 cm³/mol. The van der Waals surface area contributed by atoms with Crippen LogP contribution in [-0.2, 0) is 4.74 Å². The lowest BCUT2D eigenvalue weighted by molar-refractivity contribution is 0.163. The van der Waals surface area contributed by atoms with Gasteiger partial charge in [0.05, 0.1) is 22.3 Å². The van der Waals surface area contributed by atoms with Gasteiger partial charge in [0.25, 0.3) is 0 Å². The predicted octanol–water partition coefficient (Wildman–Crippen LogP) is 2.57. The number of nitrogen functional groups attached to an aromatic ring is 1. The maximum Gasteiger partial charge on any atom is 0.0720 e. The molecule has 4 nitrogen and oxygen atoms in total. The van der Waals surface area contributed by atoms with Gasteiger partial charge in [0.1, 0.15) is 0 Å². The average molecular weight is 292 g/mol. The van der Waals surface area contributed by atoms with Crippen LogP contribution in [0.1, 0.15) is 0 Å². The molecule has 102 valence electrons. The Morgan fingerprint density at radius 3 is 2.44 bits per heavy atom. The van der Waals surface area contributed by atoms with E-state index >= 15 is 0 Å². The molecule has 18 heavy (non-hydrogen) atoms. The van der Waals surface area contributed by atoms with Gasteiger partial charge in [-0.25, -0.2) is 0 Å². The highest BCUT2D eigenvalue weighted by molar-refractivity contribution is 6.39. The molecule has 0 saturated heterocycles. The standard InChI is InChI=1S/C12H19Cl2N3O/c1-17(5-6-18-2)4-3-16-12-10(13)7-9(15)8-11(12)14/h7-8,16H,3-6,15H2,1-2H3. The lowest BCUT2D eigenvalue weighted by Crippen LogP contribution is -2.28. The van der Waals surface area contributed by atoms with E-state index in [9.17, 15) is 0 Å². The van der Waals surface area contributed by atoms with Gasteiger partial charge in [0.2, 0.25) is 0 Å². The number of methoxy groups -OCH3 is 1. The molecular weight excluding hydrogens is 273 g/mol. The average Bonchev–Trinajstić information content (AvgIpc) is 2.29. The molecule has 3 N–H and O–H groups in total. The molecule has 0 radical (unpaired) electrons. The maximum absolute atomic E-state index is 6.07. The fourth-order valence-electron chi connectivity index (χ4n) is 1.49. The molecule has 0 atom stereocenters. The molecule has 0 heterocycles. The van der Waals surface area contributed by atoms with Crippen LogP contribution in [0, 0.1) is 0 Å². The zero-order valence-electron chi connectivity index (χ0n) is 10.7. The van der Waals surface area contributed by atoms with Crippen molar-refractivity contribution >= 4 is 34.6 Å². The number of rotatable bonds is 7. The highest BCUT2D eigenvalue weighted by Crippen LogP contribution is 2.32. The van der Waals surface area contributed by atoms with Crippen molar-refractivity contribution in [3.05, 3.63) is 22.2 Å². The van der Waals surface area contributed by atoms with Gasteiger partial charge in [-0.2, -0.15) is 0 Å². The van der Waals surface area contributed by atoms with Crippen molar-refractivity contribution < 1.29 is 4.74 Å². The zero-order valence-corrected chi connectivity index (χ0v) is 12.2. The van der Waals surface area contributed by atoms with Crippen LogP contribution in [0.2, 0.25) is 10.0 Å². The summed E-state index contributed by atoms with van der Waals surface area (Å²) in [7, 11) is 3.73. The summed E-state index contributed by atoms with van der Waals surface area (Å²) in [5, 5.41) is 4.30. The summed E-state index contributed by atoms with van der Waals surface area (Å²) < 4.78 is 5.01. The summed E-state index contributed by atoms with van der Waals surface area (Å²) in [6.45, 7) is 3.24. The van der Waals surface area contributed by atoms with Gasteiger partial charge in [-0.15, -0.1) is 0 Å². The number of ether oxygens (including phenoxy) is 1. The lowest BCUT2D eigenvalue weighted by Gasteiger charge is -2.17. The molecule has 0 amide bonds. The summed E-state index contributed by atoms with van der Waals surface area (Å²) in [4.78, 5) is 2.16. The van der Waals surface area contributed by atoms with Crippen molar-refractivity contribution in [2.45, 2.75) is 0 Å². The first-order valence-electron chi connectivity index (χ1n) is 5.70. The van der Waals surface area contributed by atoms with Crippen LogP contribution in [0.15, 0.2) is 12.1 Å². The molecule has 0 fully saturated rings. The van der Waals surface area contributed by atoms with E-state index in [1.807, 2.05) is 7.05 Å². The van der Waals surface area contributed by atoms with Crippen molar-refractivity contribution in [3.63, 3.8) is 0 Å². The van der Waals surface area contributed by atoms with Gasteiger partial charge in [0, 0.05) is 32.4 Å². The second-order valence-corrected chi connectivity index (χ2v) is 4.90. The minimum Gasteiger partial charge on any atom is -0.399 e. The Morgan fingerprint density at radius 2 is 1.89 bits per heavy atom. The highest BCUT2D eigenvalue weighted by Gasteiger charge is 2.07. The van der Waals surface area contributed by atoms with Crippen LogP contribution in [-0.4, -0.2) is 45.3 Å². The fourth-order valence-corrected chi connectivity index (χ4v) is 2.13. The third-order valence-corrected chi connectivity index (χ3v) is 3.13. The number of hydrogen-bond donors (Lipinski definition) is 2. The molecule has 0 bridgehead atoms. The van der Waals surface area contributed by atoms with E-state index in [1.54, 1.807) is 19.2 Å². The van der Waals surface area contributed by atoms with Crippen molar-refractivity contribution in [2.75, 3.05) is 51.4 Å². The first kappa shape index (κ1) is 15.4. The quantitative estimate of drug-likeness (QED) is 0.758. The van der Waals surface area contributed by atoms with Crippen molar-refractivity contribution in [2.24, 2.45) is 0 Å². The normalized spacial score (nSPS) is 10.9. The number of halogens is 2. The van der Waals surface area contributed by atoms with E-state index in [-0.39, 0.29) is 0 Å². The van der Waals surface area contributed by atoms with Gasteiger partial charge in [0.15, 0.2) is 0 Å². The van der Waals surface area contributed by atoms with Crippen molar-refractivity contribution in [3.8, 4) is 0 Å². The molecule has 0 aliphatic rings. The number of nitrogens with zero attached hydrogens (tertiary/aromatic N) is 1. The number of nitrogens with one attached hydrogen (secondary N) is 1. The van der Waals surface area contributed by atoms with Crippen molar-refractivity contribution in [1.82, 2.24) is 4.90 Å². The Labute approximate surface area is 118 Å². The largest absolute Gasteiger partial charge is 0.399 e. The zero-order chi connectivity index (χ0) is 13.5. The van der Waals surface area contributed by atoms with Crippen LogP contribution in [0.25, 0.3) is 0 Å². The van der Waals surface area contributed by atoms with E-state index in [0.717, 1.165) is 31.9 Å². The Hall–Kier alpha value is -0.680. The van der Waals surface area contributed by atoms with Crippen LogP contribution in [0.5, 0.6) is 0 Å². The molecule has 1 rings (SSSR count). The van der Waals surface area contributed by atoms with Gasteiger partial charge in [-0.3, -0.25) is 0 Å². The Morgan fingerprint density at radius 1 is 1.28 bits per heavy atom. The second kappa shape index (κ2) is 7.69. The SMILES string of the molecule is COCCN(C)CCNc1c(Cl)cc(N)cc1Cl. The van der Waals surface area contributed by atoms with E-state index in [2.05, 4.69) is 10.2 Å². The third kappa shape index (κ3) is 4.90. The van der Waals surface area contributed by atoms with Crippen LogP contribution < -0.4 is 11.1 Å². The van der Waals surface area contributed by atoms with Crippen LogP contribution in [0.4, 0.5) is 11.4 Å². The minimum absolute atomic E-state index is 0.541. The van der Waals surface area contributed by atoms with Crippen LogP contribution in [0.3, 0.4) is 0 Å². The molecule has 0 saturated carbocycles. The smallest absolute Gasteiger partial charge is 0.0720 e. The fraction of sp³-hybridized carbons (Fsp3) is 0.500. The Bertz CT molecular complexity index is 365. The van der Waals surface area contributed by atoms with Gasteiger partial charge in [-0.05, 0) is 19.2 Å². The van der Waals surface area contributed by atoms with E-state index in [0.29, 0.717) is 15.7 Å². The number of hydrogen-bond acceptors (Lipinski definition) is 4. The number of benzene rings is 1. The van der Waals surface area contributed by atoms with Crippen LogP contribution >= 0.6 is 23.2 Å². The molecule has 0 spiro atoms. The first-order chi connectivity index (χ1) is 8.54. The molecule has 1 aromatic rings. The second-order valence-electron chi connectivity index (χ2n) is 4.08. The molecule has 0 aromatic heterocycles. The summed E-state index contributed by atoms with van der Waals surface area (Å²) >= 11 is 12.1. The van der Waals surface area contributed by atoms with Crippen molar-refractivity contribution in [1.29, 1.82) is 0 Å². The molecular formula is C12H19Cl2N3O. The monoisotopic (exact) mass is 291 g/mol. The Balaban J connectivity index is 2.44. The molecule has 1 aromatic carbocycles. The third-order valence-electron chi connectivity index (χ3n) is 2.54. The van der Waals surface area contributed by atoms with Gasteiger partial charge < -0.3 is 20.7 Å². The molecule has 0 aliphatic heterocycles. The summed E-state index contributed by atoms with van der Waals surface area (Å²) in [6.07, 6.45) is 0. The molecule has 6 heteroatoms. The number of anilines is 2. The minimum atomic E-state index is 0.541. The topological polar surface area (TPSA) is 50.5 Å². The van der Waals surface area contributed by atoms with E-state index in [4.69, 9.17) is 33.7 Å². The van der Waals surface area contributed by atoms with E-state index in [1.165, 1.54) is 0 Å². The molecule has 0 unspecified atom stereocenters.